The minimum Gasteiger partial charge on any atom is -0.396 e. The number of nitro groups is 1. The summed E-state index contributed by atoms with van der Waals surface area (Å²) in [5, 5.41) is 25.2. The quantitative estimate of drug-likeness (QED) is 0.492. The minimum atomic E-state index is -0.499. The van der Waals surface area contributed by atoms with Crippen LogP contribution in [0.3, 0.4) is 0 Å². The van der Waals surface area contributed by atoms with Gasteiger partial charge in [0.05, 0.1) is 11.5 Å². The van der Waals surface area contributed by atoms with E-state index >= 15 is 0 Å². The highest BCUT2D eigenvalue weighted by molar-refractivity contribution is 5.81. The molecule has 0 spiro atoms. The Labute approximate surface area is 117 Å². The van der Waals surface area contributed by atoms with Crippen LogP contribution in [-0.4, -0.2) is 35.1 Å². The number of aliphatic hydroxyl groups is 1. The molecule has 1 rings (SSSR count). The van der Waals surface area contributed by atoms with Crippen LogP contribution in [-0.2, 0) is 4.79 Å². The summed E-state index contributed by atoms with van der Waals surface area (Å²) in [6.45, 7) is 1.87. The lowest BCUT2D eigenvalue weighted by atomic mass is 10.1. The molecule has 7 nitrogen and oxygen atoms in total. The van der Waals surface area contributed by atoms with Crippen LogP contribution in [0.1, 0.15) is 19.8 Å². The molecule has 1 atom stereocenters. The molecule has 0 aliphatic rings. The molecule has 0 saturated carbocycles. The first-order valence-corrected chi connectivity index (χ1v) is 6.46. The van der Waals surface area contributed by atoms with Gasteiger partial charge >= 0.3 is 0 Å². The fourth-order valence-electron chi connectivity index (χ4n) is 1.77. The molecule has 0 saturated heterocycles. The first-order chi connectivity index (χ1) is 9.58. The lowest BCUT2D eigenvalue weighted by molar-refractivity contribution is -0.383. The molecular formula is C13H19N3O4. The summed E-state index contributed by atoms with van der Waals surface area (Å²) in [4.78, 5) is 22.0. The SMILES string of the molecule is CCC(CCO)NC(=O)CNc1ccccc1[N+](=O)[O-]. The molecule has 1 aromatic carbocycles. The average Bonchev–Trinajstić information content (AvgIpc) is 2.44. The number of anilines is 1. The largest absolute Gasteiger partial charge is 0.396 e. The summed E-state index contributed by atoms with van der Waals surface area (Å²) in [6.07, 6.45) is 1.21. The summed E-state index contributed by atoms with van der Waals surface area (Å²) in [5.41, 5.74) is 0.241. The van der Waals surface area contributed by atoms with Gasteiger partial charge in [-0.15, -0.1) is 0 Å². The number of nitrogens with one attached hydrogen (secondary N) is 2. The van der Waals surface area contributed by atoms with Crippen LogP contribution in [0.4, 0.5) is 11.4 Å². The molecule has 0 aromatic heterocycles. The summed E-state index contributed by atoms with van der Waals surface area (Å²) >= 11 is 0. The Kier molecular flexibility index (Phi) is 6.45. The predicted octanol–water partition coefficient (Wildman–Crippen LogP) is 1.28. The summed E-state index contributed by atoms with van der Waals surface area (Å²) in [5.74, 6) is -0.261. The lowest BCUT2D eigenvalue weighted by Gasteiger charge is -2.16. The number of amides is 1. The molecule has 1 unspecified atom stereocenters. The predicted molar refractivity (Wildman–Crippen MR) is 75.5 cm³/mol. The molecule has 7 heteroatoms. The zero-order chi connectivity index (χ0) is 15.0. The van der Waals surface area contributed by atoms with E-state index in [0.717, 1.165) is 6.42 Å². The molecule has 0 bridgehead atoms. The van der Waals surface area contributed by atoms with Crippen molar-refractivity contribution in [2.45, 2.75) is 25.8 Å². The van der Waals surface area contributed by atoms with E-state index in [0.29, 0.717) is 12.1 Å². The fraction of sp³-hybridized carbons (Fsp3) is 0.462. The topological polar surface area (TPSA) is 104 Å². The van der Waals surface area contributed by atoms with E-state index in [2.05, 4.69) is 10.6 Å². The number of hydrogen-bond donors (Lipinski definition) is 3. The lowest BCUT2D eigenvalue weighted by Crippen LogP contribution is -2.38. The summed E-state index contributed by atoms with van der Waals surface area (Å²) in [7, 11) is 0. The normalized spacial score (nSPS) is 11.7. The van der Waals surface area contributed by atoms with E-state index in [9.17, 15) is 14.9 Å². The van der Waals surface area contributed by atoms with Crippen molar-refractivity contribution in [3.8, 4) is 0 Å². The second-order valence-corrected chi connectivity index (χ2v) is 4.31. The number of aliphatic hydroxyl groups excluding tert-OH is 1. The van der Waals surface area contributed by atoms with Gasteiger partial charge in [-0.05, 0) is 18.9 Å². The molecule has 1 aromatic rings. The van der Waals surface area contributed by atoms with Gasteiger partial charge in [0, 0.05) is 18.7 Å². The van der Waals surface area contributed by atoms with Crippen molar-refractivity contribution >= 4 is 17.3 Å². The maximum Gasteiger partial charge on any atom is 0.292 e. The number of rotatable bonds is 8. The minimum absolute atomic E-state index is 0.0103. The van der Waals surface area contributed by atoms with Crippen LogP contribution >= 0.6 is 0 Å². The zero-order valence-electron chi connectivity index (χ0n) is 11.3. The van der Waals surface area contributed by atoms with Gasteiger partial charge in [-0.1, -0.05) is 19.1 Å². The highest BCUT2D eigenvalue weighted by Crippen LogP contribution is 2.22. The van der Waals surface area contributed by atoms with Crippen molar-refractivity contribution in [1.82, 2.24) is 5.32 Å². The van der Waals surface area contributed by atoms with Crippen molar-refractivity contribution in [3.63, 3.8) is 0 Å². The second kappa shape index (κ2) is 8.11. The number of hydrogen-bond acceptors (Lipinski definition) is 5. The molecule has 0 heterocycles. The fourth-order valence-corrected chi connectivity index (χ4v) is 1.77. The Morgan fingerprint density at radius 2 is 2.15 bits per heavy atom. The second-order valence-electron chi connectivity index (χ2n) is 4.31. The van der Waals surface area contributed by atoms with Crippen LogP contribution < -0.4 is 10.6 Å². The van der Waals surface area contributed by atoms with E-state index in [-0.39, 0.29) is 30.8 Å². The third-order valence-corrected chi connectivity index (χ3v) is 2.88. The number of para-hydroxylation sites is 2. The summed E-state index contributed by atoms with van der Waals surface area (Å²) in [6, 6.07) is 6.07. The number of benzene rings is 1. The third kappa shape index (κ3) is 4.85. The van der Waals surface area contributed by atoms with Gasteiger partial charge in [-0.25, -0.2) is 0 Å². The van der Waals surface area contributed by atoms with Crippen LogP contribution in [0.25, 0.3) is 0 Å². The van der Waals surface area contributed by atoms with Crippen molar-refractivity contribution < 1.29 is 14.8 Å². The third-order valence-electron chi connectivity index (χ3n) is 2.88. The molecule has 0 radical (unpaired) electrons. The molecule has 0 fully saturated rings. The monoisotopic (exact) mass is 281 g/mol. The van der Waals surface area contributed by atoms with Gasteiger partial charge in [0.1, 0.15) is 5.69 Å². The smallest absolute Gasteiger partial charge is 0.292 e. The Balaban J connectivity index is 2.55. The number of carbonyl (C=O) groups excluding carboxylic acids is 1. The molecule has 110 valence electrons. The van der Waals surface area contributed by atoms with Gasteiger partial charge in [0.15, 0.2) is 0 Å². The van der Waals surface area contributed by atoms with Crippen LogP contribution in [0.15, 0.2) is 24.3 Å². The van der Waals surface area contributed by atoms with E-state index in [1.54, 1.807) is 18.2 Å². The maximum atomic E-state index is 11.7. The molecular weight excluding hydrogens is 262 g/mol. The Hall–Kier alpha value is -2.15. The van der Waals surface area contributed by atoms with Crippen LogP contribution in [0.2, 0.25) is 0 Å². The number of nitrogens with zero attached hydrogens (tertiary/aromatic N) is 1. The van der Waals surface area contributed by atoms with Crippen LogP contribution in [0, 0.1) is 10.1 Å². The average molecular weight is 281 g/mol. The van der Waals surface area contributed by atoms with E-state index in [4.69, 9.17) is 5.11 Å². The number of nitro benzene ring substituents is 1. The molecule has 1 amide bonds. The molecule has 0 aliphatic carbocycles. The molecule has 0 aliphatic heterocycles. The highest BCUT2D eigenvalue weighted by Gasteiger charge is 2.14. The van der Waals surface area contributed by atoms with Crippen molar-refractivity contribution in [2.24, 2.45) is 0 Å². The van der Waals surface area contributed by atoms with Crippen LogP contribution in [0.5, 0.6) is 0 Å². The van der Waals surface area contributed by atoms with Gasteiger partial charge in [-0.3, -0.25) is 14.9 Å². The van der Waals surface area contributed by atoms with Crippen molar-refractivity contribution in [2.75, 3.05) is 18.5 Å². The van der Waals surface area contributed by atoms with Crippen molar-refractivity contribution in [3.05, 3.63) is 34.4 Å². The van der Waals surface area contributed by atoms with Gasteiger partial charge in [-0.2, -0.15) is 0 Å². The first kappa shape index (κ1) is 15.9. The van der Waals surface area contributed by atoms with Gasteiger partial charge < -0.3 is 15.7 Å². The van der Waals surface area contributed by atoms with Gasteiger partial charge in [0.25, 0.3) is 5.69 Å². The summed E-state index contributed by atoms with van der Waals surface area (Å²) < 4.78 is 0. The van der Waals surface area contributed by atoms with E-state index < -0.39 is 4.92 Å². The van der Waals surface area contributed by atoms with Crippen molar-refractivity contribution in [1.29, 1.82) is 0 Å². The first-order valence-electron chi connectivity index (χ1n) is 6.46. The maximum absolute atomic E-state index is 11.7. The zero-order valence-corrected chi connectivity index (χ0v) is 11.3. The Morgan fingerprint density at radius 1 is 1.45 bits per heavy atom. The Bertz CT molecular complexity index is 465. The molecule has 3 N–H and O–H groups in total. The highest BCUT2D eigenvalue weighted by atomic mass is 16.6. The standard InChI is InChI=1S/C13H19N3O4/c1-2-10(7-8-17)15-13(18)9-14-11-5-3-4-6-12(11)16(19)20/h3-6,10,14,17H,2,7-9H2,1H3,(H,15,18). The Morgan fingerprint density at radius 3 is 2.75 bits per heavy atom. The number of carbonyl (C=O) groups is 1. The van der Waals surface area contributed by atoms with Gasteiger partial charge in [0.2, 0.25) is 5.91 Å². The van der Waals surface area contributed by atoms with E-state index in [1.165, 1.54) is 6.07 Å². The molecule has 20 heavy (non-hydrogen) atoms. The van der Waals surface area contributed by atoms with E-state index in [1.807, 2.05) is 6.92 Å².